The molecule has 0 atom stereocenters. The number of nitrogens with zero attached hydrogens (tertiary/aromatic N) is 4. The van der Waals surface area contributed by atoms with Crippen molar-refractivity contribution in [3.8, 4) is 0 Å². The molecule has 29 heavy (non-hydrogen) atoms. The summed E-state index contributed by atoms with van der Waals surface area (Å²) < 4.78 is 5.15. The fraction of sp³-hybridized carbons (Fsp3) is 0.368. The largest absolute Gasteiger partial charge is 0.469 e. The van der Waals surface area contributed by atoms with Gasteiger partial charge in [-0.1, -0.05) is 0 Å². The summed E-state index contributed by atoms with van der Waals surface area (Å²) in [7, 11) is 0. The predicted octanol–water partition coefficient (Wildman–Crippen LogP) is 2.95. The molecule has 0 spiro atoms. The molecule has 0 saturated carbocycles. The van der Waals surface area contributed by atoms with E-state index < -0.39 is 0 Å². The molecule has 3 aromatic rings. The minimum atomic E-state index is -0.267. The number of thiazole rings is 2. The van der Waals surface area contributed by atoms with Gasteiger partial charge in [-0.25, -0.2) is 9.97 Å². The Bertz CT molecular complexity index is 1020. The first kappa shape index (κ1) is 19.6. The van der Waals surface area contributed by atoms with Crippen LogP contribution in [0.1, 0.15) is 27.5 Å². The van der Waals surface area contributed by atoms with Crippen molar-refractivity contribution >= 4 is 44.8 Å². The van der Waals surface area contributed by atoms with Crippen molar-refractivity contribution in [3.63, 3.8) is 0 Å². The summed E-state index contributed by atoms with van der Waals surface area (Å²) in [4.78, 5) is 37.8. The Morgan fingerprint density at radius 3 is 2.59 bits per heavy atom. The number of aryl methyl sites for hydroxylation is 2. The summed E-state index contributed by atoms with van der Waals surface area (Å²) in [6, 6.07) is 1.62. The van der Waals surface area contributed by atoms with Gasteiger partial charge in [0.2, 0.25) is 5.91 Å². The molecule has 1 aliphatic rings. The maximum Gasteiger partial charge on any atom is 0.260 e. The second-order valence-electron chi connectivity index (χ2n) is 6.80. The van der Waals surface area contributed by atoms with Gasteiger partial charge in [-0.05, 0) is 19.9 Å². The van der Waals surface area contributed by atoms with Gasteiger partial charge in [-0.15, -0.1) is 22.7 Å². The van der Waals surface area contributed by atoms with E-state index >= 15 is 0 Å². The number of furan rings is 1. The van der Waals surface area contributed by atoms with Gasteiger partial charge in [0.1, 0.15) is 5.76 Å². The highest BCUT2D eigenvalue weighted by Gasteiger charge is 2.23. The molecular formula is C19H21N5O3S2. The number of anilines is 2. The van der Waals surface area contributed by atoms with Crippen LogP contribution < -0.4 is 10.2 Å². The number of nitrogens with one attached hydrogen (secondary N) is 1. The van der Waals surface area contributed by atoms with E-state index in [4.69, 9.17) is 4.42 Å². The molecule has 0 unspecified atom stereocenters. The predicted molar refractivity (Wildman–Crippen MR) is 113 cm³/mol. The Balaban J connectivity index is 1.29. The maximum atomic E-state index is 12.6. The zero-order valence-corrected chi connectivity index (χ0v) is 17.8. The van der Waals surface area contributed by atoms with Gasteiger partial charge in [0.25, 0.3) is 5.91 Å². The van der Waals surface area contributed by atoms with Crippen molar-refractivity contribution in [2.24, 2.45) is 0 Å². The van der Waals surface area contributed by atoms with E-state index in [1.54, 1.807) is 24.3 Å². The van der Waals surface area contributed by atoms with E-state index in [0.717, 1.165) is 23.9 Å². The van der Waals surface area contributed by atoms with Gasteiger partial charge < -0.3 is 14.2 Å². The third-order valence-electron chi connectivity index (χ3n) is 4.72. The van der Waals surface area contributed by atoms with Crippen LogP contribution in [0.4, 0.5) is 10.3 Å². The molecule has 4 rings (SSSR count). The molecule has 1 saturated heterocycles. The highest BCUT2D eigenvalue weighted by molar-refractivity contribution is 7.14. The number of carbonyl (C=O) groups is 2. The Hall–Kier alpha value is -2.72. The lowest BCUT2D eigenvalue weighted by atomic mass is 10.2. The second-order valence-corrected chi connectivity index (χ2v) is 8.50. The molecule has 1 N–H and O–H groups in total. The van der Waals surface area contributed by atoms with Crippen LogP contribution in [0.2, 0.25) is 0 Å². The second kappa shape index (κ2) is 8.34. The molecule has 4 heterocycles. The number of aromatic nitrogens is 2. The summed E-state index contributed by atoms with van der Waals surface area (Å²) in [6.45, 7) is 6.62. The van der Waals surface area contributed by atoms with Crippen LogP contribution in [0.25, 0.3) is 0 Å². The molecule has 0 bridgehead atoms. The molecule has 3 aromatic heterocycles. The number of rotatable bonds is 5. The average Bonchev–Trinajstić information content (AvgIpc) is 3.44. The van der Waals surface area contributed by atoms with Crippen molar-refractivity contribution in [2.75, 3.05) is 36.4 Å². The third-order valence-corrected chi connectivity index (χ3v) is 6.54. The molecule has 0 radical (unpaired) electrons. The topological polar surface area (TPSA) is 91.6 Å². The van der Waals surface area contributed by atoms with Crippen LogP contribution in [-0.4, -0.2) is 52.9 Å². The zero-order chi connectivity index (χ0) is 20.4. The Labute approximate surface area is 176 Å². The van der Waals surface area contributed by atoms with Gasteiger partial charge in [0.15, 0.2) is 10.3 Å². The van der Waals surface area contributed by atoms with Crippen LogP contribution in [0.5, 0.6) is 0 Å². The molecule has 1 aliphatic heterocycles. The van der Waals surface area contributed by atoms with Gasteiger partial charge in [-0.2, -0.15) is 0 Å². The molecular weight excluding hydrogens is 410 g/mol. The Morgan fingerprint density at radius 1 is 1.14 bits per heavy atom. The van der Waals surface area contributed by atoms with E-state index in [0.29, 0.717) is 35.2 Å². The van der Waals surface area contributed by atoms with Crippen molar-refractivity contribution in [2.45, 2.75) is 20.3 Å². The standard InChI is InChI=1S/C19H21N5O3S2/c1-12-10-29-19(20-12)24-6-4-23(5-7-24)16(25)9-14-11-28-18(21-14)22-17(26)15-3-8-27-13(15)2/h3,8,10-11H,4-7,9H2,1-2H3,(H,21,22,26). The van der Waals surface area contributed by atoms with E-state index in [9.17, 15) is 9.59 Å². The SMILES string of the molecule is Cc1csc(N2CCN(C(=O)Cc3csc(NC(=O)c4ccoc4C)n3)CC2)n1. The van der Waals surface area contributed by atoms with Crippen molar-refractivity contribution in [3.05, 3.63) is 45.8 Å². The van der Waals surface area contributed by atoms with Crippen LogP contribution in [0.15, 0.2) is 27.5 Å². The van der Waals surface area contributed by atoms with Gasteiger partial charge in [0.05, 0.1) is 29.6 Å². The minimum Gasteiger partial charge on any atom is -0.469 e. The summed E-state index contributed by atoms with van der Waals surface area (Å²) >= 11 is 2.95. The molecule has 0 aliphatic carbocycles. The highest BCUT2D eigenvalue weighted by Crippen LogP contribution is 2.22. The quantitative estimate of drug-likeness (QED) is 0.668. The lowest BCUT2D eigenvalue weighted by Crippen LogP contribution is -2.49. The van der Waals surface area contributed by atoms with Crippen LogP contribution in [0.3, 0.4) is 0 Å². The lowest BCUT2D eigenvalue weighted by Gasteiger charge is -2.34. The number of amides is 2. The van der Waals surface area contributed by atoms with Crippen molar-refractivity contribution < 1.29 is 14.0 Å². The number of carbonyl (C=O) groups excluding carboxylic acids is 2. The zero-order valence-electron chi connectivity index (χ0n) is 16.2. The number of piperazine rings is 1. The fourth-order valence-corrected chi connectivity index (χ4v) is 4.69. The molecule has 152 valence electrons. The number of hydrogen-bond acceptors (Lipinski definition) is 8. The maximum absolute atomic E-state index is 12.6. The highest BCUT2D eigenvalue weighted by atomic mass is 32.1. The molecule has 8 nitrogen and oxygen atoms in total. The number of hydrogen-bond donors (Lipinski definition) is 1. The third kappa shape index (κ3) is 4.48. The lowest BCUT2D eigenvalue weighted by molar-refractivity contribution is -0.130. The normalized spacial score (nSPS) is 14.3. The van der Waals surface area contributed by atoms with Crippen molar-refractivity contribution in [1.29, 1.82) is 0 Å². The van der Waals surface area contributed by atoms with Crippen LogP contribution in [-0.2, 0) is 11.2 Å². The van der Waals surface area contributed by atoms with Gasteiger partial charge in [-0.3, -0.25) is 14.9 Å². The van der Waals surface area contributed by atoms with Crippen molar-refractivity contribution in [1.82, 2.24) is 14.9 Å². The van der Waals surface area contributed by atoms with Crippen LogP contribution in [0, 0.1) is 13.8 Å². The summed E-state index contributed by atoms with van der Waals surface area (Å²) in [5.74, 6) is 0.340. The van der Waals surface area contributed by atoms with E-state index in [2.05, 4.69) is 20.2 Å². The molecule has 0 aromatic carbocycles. The van der Waals surface area contributed by atoms with Gasteiger partial charge >= 0.3 is 0 Å². The fourth-order valence-electron chi connectivity index (χ4n) is 3.13. The Kier molecular flexibility index (Phi) is 5.63. The average molecular weight is 432 g/mol. The van der Waals surface area contributed by atoms with E-state index in [-0.39, 0.29) is 18.2 Å². The minimum absolute atomic E-state index is 0.0498. The van der Waals surface area contributed by atoms with Crippen LogP contribution >= 0.6 is 22.7 Å². The smallest absolute Gasteiger partial charge is 0.260 e. The first-order chi connectivity index (χ1) is 14.0. The van der Waals surface area contributed by atoms with E-state index in [1.165, 1.54) is 17.6 Å². The monoisotopic (exact) mass is 431 g/mol. The summed E-state index contributed by atoms with van der Waals surface area (Å²) in [5, 5.41) is 8.10. The first-order valence-electron chi connectivity index (χ1n) is 9.24. The Morgan fingerprint density at radius 2 is 1.93 bits per heavy atom. The van der Waals surface area contributed by atoms with Gasteiger partial charge in [0, 0.05) is 36.9 Å². The first-order valence-corrected chi connectivity index (χ1v) is 11.0. The van der Waals surface area contributed by atoms with E-state index in [1.807, 2.05) is 22.6 Å². The molecule has 10 heteroatoms. The summed E-state index contributed by atoms with van der Waals surface area (Å²) in [5.41, 5.74) is 2.17. The molecule has 2 amide bonds. The summed E-state index contributed by atoms with van der Waals surface area (Å²) in [6.07, 6.45) is 1.71. The molecule has 1 fully saturated rings.